The van der Waals surface area contributed by atoms with Crippen molar-refractivity contribution in [2.24, 2.45) is 0 Å². The molecule has 2 atom stereocenters. The van der Waals surface area contributed by atoms with Crippen molar-refractivity contribution in [1.29, 1.82) is 0 Å². The van der Waals surface area contributed by atoms with Crippen molar-refractivity contribution >= 4 is 69.1 Å². The van der Waals surface area contributed by atoms with Crippen LogP contribution < -0.4 is 10.6 Å². The number of rotatable bonds is 13. The van der Waals surface area contributed by atoms with Crippen LogP contribution in [0.25, 0.3) is 43.4 Å². The van der Waals surface area contributed by atoms with Crippen LogP contribution in [0.1, 0.15) is 63.1 Å². The fraction of sp³-hybridized carbons (Fsp3) is 0.154. The van der Waals surface area contributed by atoms with E-state index < -0.39 is 24.1 Å². The van der Waals surface area contributed by atoms with E-state index in [1.165, 1.54) is 66.3 Å². The summed E-state index contributed by atoms with van der Waals surface area (Å²) >= 11 is 5.21. The Balaban J connectivity index is 1.23. The summed E-state index contributed by atoms with van der Waals surface area (Å²) in [6.07, 6.45) is -0.827. The number of carbonyl (C=O) groups is 4. The fourth-order valence-electron chi connectivity index (χ4n) is 5.57. The molecule has 5 heterocycles. The molecule has 7 aromatic rings. The molecule has 7 rings (SSSR count). The van der Waals surface area contributed by atoms with Gasteiger partial charge in [0.05, 0.1) is 12.8 Å². The summed E-state index contributed by atoms with van der Waals surface area (Å²) in [6, 6.07) is 21.6. The molecule has 56 heavy (non-hydrogen) atoms. The monoisotopic (exact) mass is 821 g/mol. The van der Waals surface area contributed by atoms with Gasteiger partial charge in [0.1, 0.15) is 48.8 Å². The molecule has 0 saturated carbocycles. The molecule has 0 radical (unpaired) electrons. The molecule has 0 saturated heterocycles. The summed E-state index contributed by atoms with van der Waals surface area (Å²) in [4.78, 5) is 73.8. The van der Waals surface area contributed by atoms with Gasteiger partial charge in [-0.3, -0.25) is 14.4 Å². The van der Waals surface area contributed by atoms with Crippen molar-refractivity contribution in [3.05, 3.63) is 122 Å². The molecule has 0 spiro atoms. The number of pyridine rings is 1. The number of amides is 2. The second-order valence-electron chi connectivity index (χ2n) is 12.1. The number of aromatic nitrogens is 5. The average Bonchev–Trinajstić information content (AvgIpc) is 4.06. The molecule has 0 bridgehead atoms. The van der Waals surface area contributed by atoms with Crippen LogP contribution in [0.15, 0.2) is 94.3 Å². The van der Waals surface area contributed by atoms with Gasteiger partial charge >= 0.3 is 11.9 Å². The van der Waals surface area contributed by atoms with Gasteiger partial charge in [0.25, 0.3) is 5.91 Å². The third kappa shape index (κ3) is 8.76. The summed E-state index contributed by atoms with van der Waals surface area (Å²) in [5.41, 5.74) is 4.80. The van der Waals surface area contributed by atoms with Crippen molar-refractivity contribution < 1.29 is 28.7 Å². The zero-order valence-corrected chi connectivity index (χ0v) is 33.2. The van der Waals surface area contributed by atoms with Crippen LogP contribution in [-0.4, -0.2) is 55.8 Å². The van der Waals surface area contributed by atoms with Gasteiger partial charge < -0.3 is 20.1 Å². The number of nitrogens with one attached hydrogen (secondary N) is 2. The molecule has 0 fully saturated rings. The highest BCUT2D eigenvalue weighted by atomic mass is 32.1. The molecule has 2 aromatic carbocycles. The van der Waals surface area contributed by atoms with Gasteiger partial charge in [-0.2, -0.15) is 0 Å². The van der Waals surface area contributed by atoms with Gasteiger partial charge in [0.15, 0.2) is 11.8 Å². The summed E-state index contributed by atoms with van der Waals surface area (Å²) in [5.74, 6) is -1.68. The van der Waals surface area contributed by atoms with E-state index in [1.807, 2.05) is 77.5 Å². The lowest BCUT2D eigenvalue weighted by Gasteiger charge is -2.26. The Morgan fingerprint density at radius 2 is 1.34 bits per heavy atom. The first-order valence-electron chi connectivity index (χ1n) is 16.9. The van der Waals surface area contributed by atoms with E-state index in [-0.39, 0.29) is 23.2 Å². The van der Waals surface area contributed by atoms with E-state index >= 15 is 0 Å². The van der Waals surface area contributed by atoms with Crippen LogP contribution in [-0.2, 0) is 25.6 Å². The molecule has 2 amide bonds. The van der Waals surface area contributed by atoms with Crippen molar-refractivity contribution in [2.75, 3.05) is 7.11 Å². The van der Waals surface area contributed by atoms with E-state index in [0.717, 1.165) is 5.56 Å². The minimum Gasteiger partial charge on any atom is -0.464 e. The Morgan fingerprint density at radius 3 is 2.07 bits per heavy atom. The van der Waals surface area contributed by atoms with Gasteiger partial charge in [0.2, 0.25) is 5.91 Å². The summed E-state index contributed by atoms with van der Waals surface area (Å²) < 4.78 is 10.6. The number of methoxy groups -OCH3 is 1. The summed E-state index contributed by atoms with van der Waals surface area (Å²) in [5, 5.41) is 15.0. The molecule has 13 nitrogen and oxygen atoms in total. The Bertz CT molecular complexity index is 2510. The third-order valence-corrected chi connectivity index (χ3v) is 11.6. The van der Waals surface area contributed by atoms with Gasteiger partial charge in [-0.25, -0.2) is 29.7 Å². The molecular weight excluding hydrogens is 791 g/mol. The predicted molar refractivity (Wildman–Crippen MR) is 215 cm³/mol. The largest absolute Gasteiger partial charge is 0.464 e. The number of ether oxygens (including phenoxy) is 2. The van der Waals surface area contributed by atoms with Gasteiger partial charge in [0, 0.05) is 47.5 Å². The van der Waals surface area contributed by atoms with Crippen molar-refractivity contribution in [3.63, 3.8) is 0 Å². The molecule has 0 aliphatic heterocycles. The molecule has 5 aromatic heterocycles. The third-order valence-electron chi connectivity index (χ3n) is 8.11. The van der Waals surface area contributed by atoms with E-state index in [9.17, 15) is 19.2 Å². The molecule has 282 valence electrons. The number of carbonyl (C=O) groups excluding carboxylic acids is 4. The van der Waals surface area contributed by atoms with E-state index in [2.05, 4.69) is 20.6 Å². The molecule has 2 unspecified atom stereocenters. The number of thiazole rings is 4. The number of hydrogen-bond donors (Lipinski definition) is 2. The zero-order valence-electron chi connectivity index (χ0n) is 29.9. The van der Waals surface area contributed by atoms with E-state index in [0.29, 0.717) is 60.5 Å². The van der Waals surface area contributed by atoms with Gasteiger partial charge in [-0.05, 0) is 23.3 Å². The normalized spacial score (nSPS) is 12.1. The highest BCUT2D eigenvalue weighted by Crippen LogP contribution is 2.39. The lowest BCUT2D eigenvalue weighted by atomic mass is 10.0. The number of nitrogens with zero attached hydrogens (tertiary/aromatic N) is 5. The molecule has 2 N–H and O–H groups in total. The second kappa shape index (κ2) is 17.2. The summed E-state index contributed by atoms with van der Waals surface area (Å²) in [7, 11) is 1.30. The van der Waals surface area contributed by atoms with E-state index in [4.69, 9.17) is 24.4 Å². The lowest BCUT2D eigenvalue weighted by molar-refractivity contribution is -0.149. The minimum absolute atomic E-state index is 0.169. The fourth-order valence-corrected chi connectivity index (χ4v) is 8.87. The highest BCUT2D eigenvalue weighted by Gasteiger charge is 2.31. The smallest absolute Gasteiger partial charge is 0.357 e. The SMILES string of the molecule is COC(=O)c1csc(-c2ccc(-c3nc(C(=O)NCc4ccccc4)cs3)c(-c3csc(-c4csc(C(NC(C)=O)C(OC(C)=O)c5ccccc5)n4)n3)n2)n1. The highest BCUT2D eigenvalue weighted by molar-refractivity contribution is 7.14. The average molecular weight is 822 g/mol. The zero-order chi connectivity index (χ0) is 39.2. The lowest BCUT2D eigenvalue weighted by Crippen LogP contribution is -2.32. The Hall–Kier alpha value is -6.01. The Morgan fingerprint density at radius 1 is 0.679 bits per heavy atom. The maximum atomic E-state index is 13.1. The topological polar surface area (TPSA) is 175 Å². The van der Waals surface area contributed by atoms with Crippen LogP contribution in [0.3, 0.4) is 0 Å². The van der Waals surface area contributed by atoms with Crippen LogP contribution in [0.2, 0.25) is 0 Å². The number of esters is 2. The van der Waals surface area contributed by atoms with Gasteiger partial charge in [-0.15, -0.1) is 45.3 Å². The first kappa shape index (κ1) is 38.3. The van der Waals surface area contributed by atoms with Crippen LogP contribution in [0, 0.1) is 0 Å². The molecule has 0 aliphatic rings. The van der Waals surface area contributed by atoms with Crippen LogP contribution >= 0.6 is 45.3 Å². The number of hydrogen-bond acceptors (Lipinski definition) is 15. The Labute approximate surface area is 336 Å². The standard InChI is InChI=1S/C39H31N7O6S4/c1-21(47)41-32(33(52-22(2)48)24-12-8-5-9-13-24)38-45-29(19-56-38)37-43-27(17-54-37)31-25(14-15-26(42-31)36-46-30(20-55-36)39(50)51-3)35-44-28(18-53-35)34(49)40-16-23-10-6-4-7-11-23/h4-15,17-20,32-33H,16H2,1-3H3,(H,40,49)(H,41,47). The van der Waals surface area contributed by atoms with Crippen LogP contribution in [0.5, 0.6) is 0 Å². The maximum absolute atomic E-state index is 13.1. The summed E-state index contributed by atoms with van der Waals surface area (Å²) in [6.45, 7) is 3.08. The number of benzene rings is 2. The first-order valence-corrected chi connectivity index (χ1v) is 20.4. The Kier molecular flexibility index (Phi) is 11.8. The maximum Gasteiger partial charge on any atom is 0.357 e. The van der Waals surface area contributed by atoms with Crippen LogP contribution in [0.4, 0.5) is 0 Å². The van der Waals surface area contributed by atoms with Crippen molar-refractivity contribution in [1.82, 2.24) is 35.6 Å². The first-order chi connectivity index (χ1) is 27.2. The molecule has 0 aliphatic carbocycles. The quantitative estimate of drug-likeness (QED) is 0.109. The van der Waals surface area contributed by atoms with Crippen molar-refractivity contribution in [2.45, 2.75) is 32.5 Å². The molecular formula is C39H31N7O6S4. The van der Waals surface area contributed by atoms with Gasteiger partial charge in [-0.1, -0.05) is 60.7 Å². The molecule has 17 heteroatoms. The van der Waals surface area contributed by atoms with Crippen molar-refractivity contribution in [3.8, 4) is 43.4 Å². The van der Waals surface area contributed by atoms with E-state index in [1.54, 1.807) is 16.8 Å². The second-order valence-corrected chi connectivity index (χ2v) is 15.5. The predicted octanol–water partition coefficient (Wildman–Crippen LogP) is 7.77. The minimum atomic E-state index is -0.827.